The lowest BCUT2D eigenvalue weighted by Crippen LogP contribution is -2.48. The summed E-state index contributed by atoms with van der Waals surface area (Å²) in [6.45, 7) is 3.68. The van der Waals surface area contributed by atoms with Crippen LogP contribution < -0.4 is 5.32 Å². The second kappa shape index (κ2) is 4.28. The summed E-state index contributed by atoms with van der Waals surface area (Å²) in [7, 11) is 0. The third-order valence-corrected chi connectivity index (χ3v) is 2.39. The minimum absolute atomic E-state index is 0.0596. The van der Waals surface area contributed by atoms with E-state index in [1.54, 1.807) is 18.3 Å². The Labute approximate surface area is 83.3 Å². The van der Waals surface area contributed by atoms with Gasteiger partial charge in [-0.15, -0.1) is 0 Å². The molecule has 0 aliphatic carbocycles. The quantitative estimate of drug-likeness (QED) is 0.670. The van der Waals surface area contributed by atoms with Gasteiger partial charge >= 0.3 is 0 Å². The lowest BCUT2D eigenvalue weighted by Gasteiger charge is -2.26. The van der Waals surface area contributed by atoms with Crippen molar-refractivity contribution in [3.63, 3.8) is 0 Å². The van der Waals surface area contributed by atoms with Crippen LogP contribution in [0.2, 0.25) is 0 Å². The fourth-order valence-electron chi connectivity index (χ4n) is 1.05. The normalized spacial score (nSPS) is 14.8. The Morgan fingerprint density at radius 1 is 1.71 bits per heavy atom. The van der Waals surface area contributed by atoms with Gasteiger partial charge in [0.25, 0.3) is 5.91 Å². The zero-order chi connectivity index (χ0) is 10.6. The van der Waals surface area contributed by atoms with Gasteiger partial charge in [-0.1, -0.05) is 6.92 Å². The second-order valence-corrected chi connectivity index (χ2v) is 3.61. The molecule has 1 atom stereocenters. The van der Waals surface area contributed by atoms with E-state index in [1.807, 2.05) is 13.8 Å². The highest BCUT2D eigenvalue weighted by Crippen LogP contribution is 2.08. The SMILES string of the molecule is CCC(C)(CO)NC(=O)c1ccc[nH]1. The molecule has 14 heavy (non-hydrogen) atoms. The van der Waals surface area contributed by atoms with Crippen LogP contribution >= 0.6 is 0 Å². The van der Waals surface area contributed by atoms with Crippen LogP contribution in [0, 0.1) is 0 Å². The predicted molar refractivity (Wildman–Crippen MR) is 54.0 cm³/mol. The zero-order valence-electron chi connectivity index (χ0n) is 8.50. The summed E-state index contributed by atoms with van der Waals surface area (Å²) in [6.07, 6.45) is 2.38. The maximum absolute atomic E-state index is 11.6. The van der Waals surface area contributed by atoms with Crippen molar-refractivity contribution >= 4 is 5.91 Å². The fourth-order valence-corrected chi connectivity index (χ4v) is 1.05. The van der Waals surface area contributed by atoms with E-state index in [4.69, 9.17) is 5.11 Å². The molecule has 4 nitrogen and oxygen atoms in total. The summed E-state index contributed by atoms with van der Waals surface area (Å²) in [5.41, 5.74) is -0.0273. The van der Waals surface area contributed by atoms with Crippen molar-refractivity contribution in [2.45, 2.75) is 25.8 Å². The number of aromatic nitrogens is 1. The number of H-pyrrole nitrogens is 1. The molecule has 0 saturated heterocycles. The largest absolute Gasteiger partial charge is 0.394 e. The minimum Gasteiger partial charge on any atom is -0.394 e. The van der Waals surface area contributed by atoms with E-state index in [1.165, 1.54) is 0 Å². The van der Waals surface area contributed by atoms with Crippen molar-refractivity contribution < 1.29 is 9.90 Å². The Bertz CT molecular complexity index is 289. The molecule has 1 rings (SSSR count). The van der Waals surface area contributed by atoms with Crippen LogP contribution in [-0.2, 0) is 0 Å². The van der Waals surface area contributed by atoms with Crippen LogP contribution in [-0.4, -0.2) is 28.1 Å². The molecule has 0 spiro atoms. The topological polar surface area (TPSA) is 65.1 Å². The molecule has 1 heterocycles. The van der Waals surface area contributed by atoms with Gasteiger partial charge in [-0.2, -0.15) is 0 Å². The van der Waals surface area contributed by atoms with Gasteiger partial charge in [0.2, 0.25) is 0 Å². The molecule has 0 saturated carbocycles. The molecule has 0 bridgehead atoms. The summed E-state index contributed by atoms with van der Waals surface area (Å²) in [5.74, 6) is -0.187. The smallest absolute Gasteiger partial charge is 0.268 e. The first-order valence-electron chi connectivity index (χ1n) is 4.68. The average Bonchev–Trinajstić information content (AvgIpc) is 2.70. The van der Waals surface area contributed by atoms with E-state index in [9.17, 15) is 4.79 Å². The lowest BCUT2D eigenvalue weighted by atomic mass is 10.0. The molecule has 3 N–H and O–H groups in total. The highest BCUT2D eigenvalue weighted by atomic mass is 16.3. The molecule has 0 aromatic carbocycles. The Morgan fingerprint density at radius 2 is 2.43 bits per heavy atom. The molecule has 0 radical (unpaired) electrons. The number of aromatic amines is 1. The van der Waals surface area contributed by atoms with E-state index in [-0.39, 0.29) is 12.5 Å². The van der Waals surface area contributed by atoms with Gasteiger partial charge in [0.1, 0.15) is 5.69 Å². The van der Waals surface area contributed by atoms with E-state index < -0.39 is 5.54 Å². The Hall–Kier alpha value is -1.29. The lowest BCUT2D eigenvalue weighted by molar-refractivity contribution is 0.0843. The van der Waals surface area contributed by atoms with Crippen molar-refractivity contribution in [2.24, 2.45) is 0 Å². The number of carbonyl (C=O) groups excluding carboxylic acids is 1. The van der Waals surface area contributed by atoms with Crippen LogP contribution in [0.5, 0.6) is 0 Å². The fraction of sp³-hybridized carbons (Fsp3) is 0.500. The summed E-state index contributed by atoms with van der Waals surface area (Å²) in [6, 6.07) is 3.46. The highest BCUT2D eigenvalue weighted by molar-refractivity contribution is 5.92. The van der Waals surface area contributed by atoms with Crippen molar-refractivity contribution in [3.05, 3.63) is 24.0 Å². The number of rotatable bonds is 4. The maximum atomic E-state index is 11.6. The molecule has 1 amide bonds. The number of hydrogen-bond acceptors (Lipinski definition) is 2. The van der Waals surface area contributed by atoms with E-state index in [2.05, 4.69) is 10.3 Å². The van der Waals surface area contributed by atoms with Crippen molar-refractivity contribution in [1.82, 2.24) is 10.3 Å². The predicted octanol–water partition coefficient (Wildman–Crippen LogP) is 0.906. The molecule has 78 valence electrons. The van der Waals surface area contributed by atoms with Crippen molar-refractivity contribution in [3.8, 4) is 0 Å². The van der Waals surface area contributed by atoms with Gasteiger partial charge in [0.15, 0.2) is 0 Å². The van der Waals surface area contributed by atoms with Crippen LogP contribution in [0.25, 0.3) is 0 Å². The first-order valence-corrected chi connectivity index (χ1v) is 4.68. The van der Waals surface area contributed by atoms with Gasteiger partial charge in [0.05, 0.1) is 12.1 Å². The number of nitrogens with one attached hydrogen (secondary N) is 2. The molecule has 4 heteroatoms. The van der Waals surface area contributed by atoms with Crippen LogP contribution in [0.15, 0.2) is 18.3 Å². The van der Waals surface area contributed by atoms with E-state index >= 15 is 0 Å². The van der Waals surface area contributed by atoms with Crippen molar-refractivity contribution in [1.29, 1.82) is 0 Å². The molecule has 0 aliphatic heterocycles. The summed E-state index contributed by atoms with van der Waals surface area (Å²) in [5, 5.41) is 11.9. The number of aliphatic hydroxyl groups excluding tert-OH is 1. The van der Waals surface area contributed by atoms with E-state index in [0.717, 1.165) is 0 Å². The maximum Gasteiger partial charge on any atom is 0.268 e. The first kappa shape index (κ1) is 10.8. The average molecular weight is 196 g/mol. The van der Waals surface area contributed by atoms with E-state index in [0.29, 0.717) is 12.1 Å². The Morgan fingerprint density at radius 3 is 2.86 bits per heavy atom. The van der Waals surface area contributed by atoms with Gasteiger partial charge in [-0.25, -0.2) is 0 Å². The number of aliphatic hydroxyl groups is 1. The van der Waals surface area contributed by atoms with Gasteiger partial charge in [0, 0.05) is 6.20 Å². The molecule has 0 fully saturated rings. The number of hydrogen-bond donors (Lipinski definition) is 3. The number of amides is 1. The third kappa shape index (κ3) is 2.35. The zero-order valence-corrected chi connectivity index (χ0v) is 8.50. The van der Waals surface area contributed by atoms with Gasteiger partial charge in [-0.3, -0.25) is 4.79 Å². The number of carbonyl (C=O) groups is 1. The molecular formula is C10H16N2O2. The standard InChI is InChI=1S/C10H16N2O2/c1-3-10(2,7-13)12-9(14)8-5-4-6-11-8/h4-6,11,13H,3,7H2,1-2H3,(H,12,14). The first-order chi connectivity index (χ1) is 6.61. The third-order valence-electron chi connectivity index (χ3n) is 2.39. The van der Waals surface area contributed by atoms with Crippen LogP contribution in [0.3, 0.4) is 0 Å². The highest BCUT2D eigenvalue weighted by Gasteiger charge is 2.23. The molecule has 1 aromatic rings. The molecule has 1 unspecified atom stereocenters. The summed E-state index contributed by atoms with van der Waals surface area (Å²) < 4.78 is 0. The van der Waals surface area contributed by atoms with Gasteiger partial charge in [-0.05, 0) is 25.5 Å². The molecule has 1 aromatic heterocycles. The summed E-state index contributed by atoms with van der Waals surface area (Å²) >= 11 is 0. The minimum atomic E-state index is -0.539. The summed E-state index contributed by atoms with van der Waals surface area (Å²) in [4.78, 5) is 14.4. The van der Waals surface area contributed by atoms with Crippen LogP contribution in [0.4, 0.5) is 0 Å². The second-order valence-electron chi connectivity index (χ2n) is 3.61. The Kier molecular flexibility index (Phi) is 3.30. The molecular weight excluding hydrogens is 180 g/mol. The van der Waals surface area contributed by atoms with Crippen LogP contribution in [0.1, 0.15) is 30.8 Å². The Balaban J connectivity index is 2.65. The van der Waals surface area contributed by atoms with Gasteiger partial charge < -0.3 is 15.4 Å². The van der Waals surface area contributed by atoms with Crippen molar-refractivity contribution in [2.75, 3.05) is 6.61 Å². The monoisotopic (exact) mass is 196 g/mol. The molecule has 0 aliphatic rings.